The first-order valence-corrected chi connectivity index (χ1v) is 5.79. The van der Waals surface area contributed by atoms with Crippen molar-refractivity contribution in [2.45, 2.75) is 25.7 Å². The molecule has 92 valence electrons. The van der Waals surface area contributed by atoms with Crippen LogP contribution < -0.4 is 10.5 Å². The summed E-state index contributed by atoms with van der Waals surface area (Å²) >= 11 is 0. The van der Waals surface area contributed by atoms with Crippen LogP contribution in [0.2, 0.25) is 0 Å². The van der Waals surface area contributed by atoms with Crippen LogP contribution in [0.5, 0.6) is 5.88 Å². The first-order valence-electron chi connectivity index (χ1n) is 5.79. The molecule has 1 aromatic heterocycles. The molecule has 5 nitrogen and oxygen atoms in total. The van der Waals surface area contributed by atoms with Crippen LogP contribution in [0.15, 0.2) is 12.3 Å². The molecular weight excluding hydrogens is 220 g/mol. The number of nitrogen functional groups attached to an aromatic ring is 1. The van der Waals surface area contributed by atoms with Gasteiger partial charge in [0.1, 0.15) is 5.69 Å². The molecule has 0 bridgehead atoms. The molecule has 2 rings (SSSR count). The van der Waals surface area contributed by atoms with Crippen molar-refractivity contribution in [3.8, 4) is 5.88 Å². The van der Waals surface area contributed by atoms with Gasteiger partial charge in [-0.25, -0.2) is 9.78 Å². The van der Waals surface area contributed by atoms with E-state index in [0.29, 0.717) is 12.5 Å². The predicted octanol–water partition coefficient (Wildman–Crippen LogP) is 1.93. The Kier molecular flexibility index (Phi) is 3.46. The second-order valence-electron chi connectivity index (χ2n) is 4.34. The van der Waals surface area contributed by atoms with E-state index in [1.165, 1.54) is 37.9 Å². The number of aromatic carboxylic acids is 1. The molecule has 0 atom stereocenters. The lowest BCUT2D eigenvalue weighted by molar-refractivity contribution is 0.0697. The number of nitrogens with two attached hydrogens (primary N) is 1. The van der Waals surface area contributed by atoms with E-state index in [-0.39, 0.29) is 17.1 Å². The molecule has 1 fully saturated rings. The minimum atomic E-state index is -1.06. The molecule has 0 unspecified atom stereocenters. The molecule has 0 aliphatic heterocycles. The highest BCUT2D eigenvalue weighted by atomic mass is 16.5. The number of aromatic nitrogens is 1. The Balaban J connectivity index is 2.04. The number of carboxylic acid groups (broad SMARTS) is 1. The summed E-state index contributed by atoms with van der Waals surface area (Å²) < 4.78 is 5.51. The van der Waals surface area contributed by atoms with Gasteiger partial charge in [0, 0.05) is 6.20 Å². The topological polar surface area (TPSA) is 85.4 Å². The Labute approximate surface area is 99.6 Å². The molecule has 1 aliphatic rings. The van der Waals surface area contributed by atoms with Crippen LogP contribution in [0.25, 0.3) is 0 Å². The van der Waals surface area contributed by atoms with Crippen LogP contribution in [0.4, 0.5) is 5.69 Å². The number of hydrogen-bond acceptors (Lipinski definition) is 4. The molecule has 0 aromatic carbocycles. The summed E-state index contributed by atoms with van der Waals surface area (Å²) in [6.07, 6.45) is 6.22. The van der Waals surface area contributed by atoms with E-state index in [1.54, 1.807) is 0 Å². The minimum Gasteiger partial charge on any atom is -0.478 e. The summed E-state index contributed by atoms with van der Waals surface area (Å²) in [5, 5.41) is 8.91. The highest BCUT2D eigenvalue weighted by Crippen LogP contribution is 2.27. The fourth-order valence-electron chi connectivity index (χ4n) is 2.13. The van der Waals surface area contributed by atoms with Crippen LogP contribution in [-0.4, -0.2) is 22.7 Å². The van der Waals surface area contributed by atoms with E-state index >= 15 is 0 Å². The highest BCUT2D eigenvalue weighted by molar-refractivity contribution is 5.94. The van der Waals surface area contributed by atoms with E-state index in [4.69, 9.17) is 15.6 Å². The van der Waals surface area contributed by atoms with Crippen molar-refractivity contribution < 1.29 is 14.6 Å². The maximum absolute atomic E-state index is 10.9. The molecule has 1 heterocycles. The normalized spacial score (nSPS) is 16.0. The van der Waals surface area contributed by atoms with Gasteiger partial charge in [0.15, 0.2) is 0 Å². The second-order valence-corrected chi connectivity index (χ2v) is 4.34. The lowest BCUT2D eigenvalue weighted by atomic mass is 10.1. The lowest BCUT2D eigenvalue weighted by Gasteiger charge is -2.12. The van der Waals surface area contributed by atoms with E-state index in [2.05, 4.69) is 4.98 Å². The number of hydrogen-bond donors (Lipinski definition) is 2. The number of ether oxygens (including phenoxy) is 1. The molecular formula is C12H16N2O3. The van der Waals surface area contributed by atoms with E-state index in [1.807, 2.05) is 0 Å². The van der Waals surface area contributed by atoms with Crippen LogP contribution in [-0.2, 0) is 0 Å². The van der Waals surface area contributed by atoms with Crippen molar-refractivity contribution in [2.24, 2.45) is 5.92 Å². The molecule has 1 saturated carbocycles. The first kappa shape index (κ1) is 11.7. The largest absolute Gasteiger partial charge is 0.478 e. The first-order chi connectivity index (χ1) is 8.18. The summed E-state index contributed by atoms with van der Waals surface area (Å²) in [5.41, 5.74) is 5.85. The van der Waals surface area contributed by atoms with Crippen LogP contribution in [0.1, 0.15) is 36.0 Å². The minimum absolute atomic E-state index is 0.0430. The van der Waals surface area contributed by atoms with Crippen molar-refractivity contribution in [1.82, 2.24) is 4.98 Å². The summed E-state index contributed by atoms with van der Waals surface area (Å²) in [5.74, 6) is -0.280. The van der Waals surface area contributed by atoms with Crippen LogP contribution >= 0.6 is 0 Å². The van der Waals surface area contributed by atoms with Gasteiger partial charge in [0.05, 0.1) is 12.2 Å². The zero-order valence-electron chi connectivity index (χ0n) is 9.56. The van der Waals surface area contributed by atoms with Gasteiger partial charge in [-0.1, -0.05) is 12.8 Å². The average molecular weight is 236 g/mol. The average Bonchev–Trinajstić information content (AvgIpc) is 2.80. The zero-order chi connectivity index (χ0) is 12.3. The third-order valence-electron chi connectivity index (χ3n) is 3.11. The highest BCUT2D eigenvalue weighted by Gasteiger charge is 2.18. The number of anilines is 1. The molecule has 0 saturated heterocycles. The number of carbonyl (C=O) groups is 1. The van der Waals surface area contributed by atoms with Crippen molar-refractivity contribution >= 4 is 11.7 Å². The van der Waals surface area contributed by atoms with Crippen molar-refractivity contribution in [2.75, 3.05) is 12.3 Å². The molecule has 3 N–H and O–H groups in total. The van der Waals surface area contributed by atoms with Crippen LogP contribution in [0.3, 0.4) is 0 Å². The number of carboxylic acids is 1. The van der Waals surface area contributed by atoms with Gasteiger partial charge in [0.25, 0.3) is 0 Å². The molecule has 17 heavy (non-hydrogen) atoms. The van der Waals surface area contributed by atoms with Crippen molar-refractivity contribution in [3.05, 3.63) is 17.8 Å². The number of rotatable bonds is 4. The van der Waals surface area contributed by atoms with Gasteiger partial charge in [0.2, 0.25) is 5.88 Å². The molecule has 1 aromatic rings. The summed E-state index contributed by atoms with van der Waals surface area (Å²) in [6, 6.07) is 1.38. The monoisotopic (exact) mass is 236 g/mol. The second kappa shape index (κ2) is 5.03. The third kappa shape index (κ3) is 2.67. The van der Waals surface area contributed by atoms with Gasteiger partial charge < -0.3 is 15.6 Å². The Hall–Kier alpha value is -1.78. The number of pyridine rings is 1. The fourth-order valence-corrected chi connectivity index (χ4v) is 2.13. The molecule has 1 aliphatic carbocycles. The van der Waals surface area contributed by atoms with Crippen LogP contribution in [0, 0.1) is 5.92 Å². The zero-order valence-corrected chi connectivity index (χ0v) is 9.56. The predicted molar refractivity (Wildman–Crippen MR) is 63.1 cm³/mol. The fraction of sp³-hybridized carbons (Fsp3) is 0.500. The van der Waals surface area contributed by atoms with Gasteiger partial charge >= 0.3 is 5.97 Å². The van der Waals surface area contributed by atoms with Crippen molar-refractivity contribution in [1.29, 1.82) is 0 Å². The Morgan fingerprint density at radius 2 is 2.24 bits per heavy atom. The molecule has 5 heteroatoms. The Bertz CT molecular complexity index is 414. The summed E-state index contributed by atoms with van der Waals surface area (Å²) in [4.78, 5) is 14.8. The van der Waals surface area contributed by atoms with Gasteiger partial charge in [-0.05, 0) is 24.8 Å². The maximum Gasteiger partial charge on any atom is 0.338 e. The molecule has 0 spiro atoms. The van der Waals surface area contributed by atoms with Gasteiger partial charge in [-0.15, -0.1) is 0 Å². The van der Waals surface area contributed by atoms with Gasteiger partial charge in [-0.3, -0.25) is 0 Å². The molecule has 0 radical (unpaired) electrons. The summed E-state index contributed by atoms with van der Waals surface area (Å²) in [6.45, 7) is 0.570. The molecule has 0 amide bonds. The van der Waals surface area contributed by atoms with Crippen molar-refractivity contribution in [3.63, 3.8) is 0 Å². The van der Waals surface area contributed by atoms with E-state index in [9.17, 15) is 4.79 Å². The van der Waals surface area contributed by atoms with Gasteiger partial charge in [-0.2, -0.15) is 0 Å². The Morgan fingerprint density at radius 3 is 2.88 bits per heavy atom. The summed E-state index contributed by atoms with van der Waals surface area (Å²) in [7, 11) is 0. The van der Waals surface area contributed by atoms with E-state index in [0.717, 1.165) is 0 Å². The smallest absolute Gasteiger partial charge is 0.338 e. The Morgan fingerprint density at radius 1 is 1.53 bits per heavy atom. The number of nitrogens with zero attached hydrogens (tertiary/aromatic N) is 1. The quantitative estimate of drug-likeness (QED) is 0.834. The maximum atomic E-state index is 10.9. The lowest BCUT2D eigenvalue weighted by Crippen LogP contribution is -2.12. The third-order valence-corrected chi connectivity index (χ3v) is 3.11. The standard InChI is InChI=1S/C12H16N2O3/c13-10-9(12(15)16)5-6-14-11(10)17-7-8-3-1-2-4-8/h5-6,8H,1-4,7,13H2,(H,15,16). The van der Waals surface area contributed by atoms with E-state index < -0.39 is 5.97 Å². The SMILES string of the molecule is Nc1c(C(=O)O)ccnc1OCC1CCCC1.